The molecular weight excluding hydrogens is 362 g/mol. The molecule has 1 aliphatic heterocycles. The van der Waals surface area contributed by atoms with Crippen LogP contribution in [0.15, 0.2) is 48.7 Å². The standard InChI is InChI=1S/C24H27N3O2/c1-26-13-11-18-8-9-21(15-20(18)12-14-26)22-16-27(2)24(25-22)19-6-3-17(4-7-19)5-10-23(28)29/h3-4,6-9,15-16H,5,10-14H2,1-2H3,(H,28,29). The van der Waals surface area contributed by atoms with E-state index >= 15 is 0 Å². The highest BCUT2D eigenvalue weighted by molar-refractivity contribution is 5.68. The summed E-state index contributed by atoms with van der Waals surface area (Å²) in [5.74, 6) is 0.148. The number of aromatic nitrogens is 2. The summed E-state index contributed by atoms with van der Waals surface area (Å²) in [6, 6.07) is 14.8. The average molecular weight is 389 g/mol. The zero-order chi connectivity index (χ0) is 20.4. The minimum atomic E-state index is -0.768. The van der Waals surface area contributed by atoms with Crippen molar-refractivity contribution in [1.29, 1.82) is 0 Å². The van der Waals surface area contributed by atoms with E-state index in [1.54, 1.807) is 0 Å². The van der Waals surface area contributed by atoms with Crippen molar-refractivity contribution in [2.75, 3.05) is 20.1 Å². The molecule has 0 saturated carbocycles. The van der Waals surface area contributed by atoms with Crippen molar-refractivity contribution in [3.63, 3.8) is 0 Å². The van der Waals surface area contributed by atoms with Gasteiger partial charge in [0.15, 0.2) is 0 Å². The highest BCUT2D eigenvalue weighted by atomic mass is 16.4. The van der Waals surface area contributed by atoms with Crippen LogP contribution >= 0.6 is 0 Å². The molecule has 4 rings (SSSR count). The van der Waals surface area contributed by atoms with Crippen LogP contribution in [-0.2, 0) is 31.1 Å². The van der Waals surface area contributed by atoms with Gasteiger partial charge in [0, 0.05) is 43.9 Å². The van der Waals surface area contributed by atoms with E-state index < -0.39 is 5.97 Å². The second kappa shape index (κ2) is 8.21. The molecule has 0 atom stereocenters. The van der Waals surface area contributed by atoms with E-state index in [2.05, 4.69) is 40.9 Å². The van der Waals surface area contributed by atoms with Crippen LogP contribution in [0.5, 0.6) is 0 Å². The zero-order valence-electron chi connectivity index (χ0n) is 17.1. The van der Waals surface area contributed by atoms with Gasteiger partial charge in [0.1, 0.15) is 5.82 Å². The van der Waals surface area contributed by atoms with E-state index in [1.165, 1.54) is 11.1 Å². The molecule has 1 aliphatic rings. The first kappa shape index (κ1) is 19.4. The van der Waals surface area contributed by atoms with Crippen molar-refractivity contribution in [2.24, 2.45) is 7.05 Å². The molecule has 0 aliphatic carbocycles. The molecule has 29 heavy (non-hydrogen) atoms. The van der Waals surface area contributed by atoms with Gasteiger partial charge < -0.3 is 14.6 Å². The van der Waals surface area contributed by atoms with Gasteiger partial charge in [-0.25, -0.2) is 4.98 Å². The Morgan fingerprint density at radius 2 is 1.69 bits per heavy atom. The second-order valence-electron chi connectivity index (χ2n) is 7.94. The number of aliphatic carboxylic acids is 1. The van der Waals surface area contributed by atoms with Gasteiger partial charge in [0.25, 0.3) is 0 Å². The van der Waals surface area contributed by atoms with E-state index in [-0.39, 0.29) is 6.42 Å². The molecule has 0 spiro atoms. The van der Waals surface area contributed by atoms with Crippen molar-refractivity contribution in [3.05, 3.63) is 65.4 Å². The summed E-state index contributed by atoms with van der Waals surface area (Å²) in [6.07, 6.45) is 4.97. The first-order valence-electron chi connectivity index (χ1n) is 10.1. The van der Waals surface area contributed by atoms with Crippen LogP contribution in [0, 0.1) is 0 Å². The summed E-state index contributed by atoms with van der Waals surface area (Å²) in [6.45, 7) is 2.21. The Kier molecular flexibility index (Phi) is 5.49. The summed E-state index contributed by atoms with van der Waals surface area (Å²) in [7, 11) is 4.20. The number of nitrogens with zero attached hydrogens (tertiary/aromatic N) is 3. The van der Waals surface area contributed by atoms with E-state index in [0.717, 1.165) is 54.1 Å². The van der Waals surface area contributed by atoms with E-state index in [1.807, 2.05) is 31.3 Å². The molecule has 5 nitrogen and oxygen atoms in total. The summed E-state index contributed by atoms with van der Waals surface area (Å²) in [5, 5.41) is 8.84. The predicted octanol–water partition coefficient (Wildman–Crippen LogP) is 3.80. The highest BCUT2D eigenvalue weighted by Crippen LogP contribution is 2.27. The Hall–Kier alpha value is -2.92. The molecule has 0 radical (unpaired) electrons. The molecule has 0 bridgehead atoms. The van der Waals surface area contributed by atoms with Crippen LogP contribution in [0.3, 0.4) is 0 Å². The minimum absolute atomic E-state index is 0.153. The first-order valence-corrected chi connectivity index (χ1v) is 10.1. The topological polar surface area (TPSA) is 58.4 Å². The highest BCUT2D eigenvalue weighted by Gasteiger charge is 2.14. The van der Waals surface area contributed by atoms with Crippen molar-refractivity contribution >= 4 is 5.97 Å². The van der Waals surface area contributed by atoms with Crippen molar-refractivity contribution in [1.82, 2.24) is 14.5 Å². The molecule has 2 heterocycles. The third-order valence-electron chi connectivity index (χ3n) is 5.74. The van der Waals surface area contributed by atoms with Crippen LogP contribution in [0.4, 0.5) is 0 Å². The lowest BCUT2D eigenvalue weighted by molar-refractivity contribution is -0.136. The molecule has 1 N–H and O–H groups in total. The molecule has 0 saturated heterocycles. The lowest BCUT2D eigenvalue weighted by Crippen LogP contribution is -2.20. The Labute approximate surface area is 171 Å². The Balaban J connectivity index is 1.58. The summed E-state index contributed by atoms with van der Waals surface area (Å²) in [5.41, 5.74) is 7.09. The lowest BCUT2D eigenvalue weighted by atomic mass is 9.99. The van der Waals surface area contributed by atoms with Crippen LogP contribution < -0.4 is 0 Å². The Bertz CT molecular complexity index is 1020. The quantitative estimate of drug-likeness (QED) is 0.721. The van der Waals surface area contributed by atoms with Crippen LogP contribution in [-0.4, -0.2) is 45.7 Å². The number of aryl methyl sites for hydroxylation is 2. The number of fused-ring (bicyclic) bond motifs is 1. The zero-order valence-corrected chi connectivity index (χ0v) is 17.1. The smallest absolute Gasteiger partial charge is 0.303 e. The molecule has 5 heteroatoms. The fourth-order valence-corrected chi connectivity index (χ4v) is 3.94. The van der Waals surface area contributed by atoms with Gasteiger partial charge >= 0.3 is 5.97 Å². The number of carboxylic acid groups (broad SMARTS) is 1. The summed E-state index contributed by atoms with van der Waals surface area (Å²) >= 11 is 0. The Morgan fingerprint density at radius 3 is 2.41 bits per heavy atom. The number of likely N-dealkylation sites (N-methyl/N-ethyl adjacent to an activating group) is 1. The fourth-order valence-electron chi connectivity index (χ4n) is 3.94. The molecule has 150 valence electrons. The molecule has 0 amide bonds. The number of carbonyl (C=O) groups is 1. The third kappa shape index (κ3) is 4.40. The number of rotatable bonds is 5. The minimum Gasteiger partial charge on any atom is -0.481 e. The molecular formula is C24H27N3O2. The van der Waals surface area contributed by atoms with Crippen molar-refractivity contribution in [3.8, 4) is 22.6 Å². The van der Waals surface area contributed by atoms with Gasteiger partial charge in [-0.05, 0) is 49.1 Å². The normalized spacial score (nSPS) is 14.4. The monoisotopic (exact) mass is 389 g/mol. The summed E-state index contributed by atoms with van der Waals surface area (Å²) in [4.78, 5) is 18.0. The van der Waals surface area contributed by atoms with E-state index in [0.29, 0.717) is 6.42 Å². The fraction of sp³-hybridized carbons (Fsp3) is 0.333. The Morgan fingerprint density at radius 1 is 1.00 bits per heavy atom. The predicted molar refractivity (Wildman–Crippen MR) is 115 cm³/mol. The molecule has 0 fully saturated rings. The SMILES string of the molecule is CN1CCc2ccc(-c3cn(C)c(-c4ccc(CCC(=O)O)cc4)n3)cc2CC1. The second-order valence-corrected chi connectivity index (χ2v) is 7.94. The van der Waals surface area contributed by atoms with Crippen LogP contribution in [0.1, 0.15) is 23.1 Å². The van der Waals surface area contributed by atoms with Crippen molar-refractivity contribution in [2.45, 2.75) is 25.7 Å². The number of imidazole rings is 1. The molecule has 2 aromatic carbocycles. The molecule has 3 aromatic rings. The largest absolute Gasteiger partial charge is 0.481 e. The third-order valence-corrected chi connectivity index (χ3v) is 5.74. The van der Waals surface area contributed by atoms with E-state index in [9.17, 15) is 4.79 Å². The van der Waals surface area contributed by atoms with Gasteiger partial charge in [-0.3, -0.25) is 4.79 Å². The van der Waals surface area contributed by atoms with E-state index in [4.69, 9.17) is 10.1 Å². The van der Waals surface area contributed by atoms with Gasteiger partial charge in [-0.1, -0.05) is 36.4 Å². The maximum Gasteiger partial charge on any atom is 0.303 e. The maximum absolute atomic E-state index is 10.8. The van der Waals surface area contributed by atoms with Gasteiger partial charge in [0.2, 0.25) is 0 Å². The van der Waals surface area contributed by atoms with Crippen LogP contribution in [0.25, 0.3) is 22.6 Å². The van der Waals surface area contributed by atoms with Gasteiger partial charge in [-0.15, -0.1) is 0 Å². The number of carboxylic acids is 1. The van der Waals surface area contributed by atoms with Crippen molar-refractivity contribution < 1.29 is 9.90 Å². The maximum atomic E-state index is 10.8. The molecule has 1 aromatic heterocycles. The number of hydrogen-bond acceptors (Lipinski definition) is 3. The summed E-state index contributed by atoms with van der Waals surface area (Å²) < 4.78 is 2.06. The van der Waals surface area contributed by atoms with Gasteiger partial charge in [0.05, 0.1) is 5.69 Å². The number of hydrogen-bond donors (Lipinski definition) is 1. The molecule has 0 unspecified atom stereocenters. The average Bonchev–Trinajstić information content (AvgIpc) is 3.01. The first-order chi connectivity index (χ1) is 14.0. The van der Waals surface area contributed by atoms with Gasteiger partial charge in [-0.2, -0.15) is 0 Å². The van der Waals surface area contributed by atoms with Crippen LogP contribution in [0.2, 0.25) is 0 Å². The number of benzene rings is 2. The lowest BCUT2D eigenvalue weighted by Gasteiger charge is -2.10.